The first-order chi connectivity index (χ1) is 16.3. The number of aromatic nitrogens is 4. The molecule has 0 bridgehead atoms. The van der Waals surface area contributed by atoms with Crippen LogP contribution in [0.1, 0.15) is 19.3 Å². The zero-order valence-corrected chi connectivity index (χ0v) is 20.4. The van der Waals surface area contributed by atoms with Crippen molar-refractivity contribution in [1.29, 1.82) is 0 Å². The van der Waals surface area contributed by atoms with E-state index in [1.165, 1.54) is 23.0 Å². The van der Waals surface area contributed by atoms with E-state index in [1.807, 2.05) is 16.7 Å². The van der Waals surface area contributed by atoms with Gasteiger partial charge in [-0.05, 0) is 66.3 Å². The lowest BCUT2D eigenvalue weighted by Crippen LogP contribution is -2.40. The number of nitrogens with two attached hydrogens (primary N) is 1. The summed E-state index contributed by atoms with van der Waals surface area (Å²) < 4.78 is 51.8. The van der Waals surface area contributed by atoms with Crippen LogP contribution in [-0.4, -0.2) is 57.0 Å². The number of nitrogens with zero attached hydrogens (tertiary/aromatic N) is 5. The molecule has 2 aliphatic rings. The molecule has 0 spiro atoms. The van der Waals surface area contributed by atoms with Gasteiger partial charge >= 0.3 is 6.18 Å². The molecule has 13 heteroatoms. The van der Waals surface area contributed by atoms with E-state index >= 15 is 0 Å². The molecule has 1 aromatic carbocycles. The second kappa shape index (κ2) is 9.42. The van der Waals surface area contributed by atoms with Crippen LogP contribution in [0.2, 0.25) is 0 Å². The highest BCUT2D eigenvalue weighted by Crippen LogP contribution is 2.43. The monoisotopic (exact) mass is 558 g/mol. The number of anilines is 1. The molecular weight excluding hydrogens is 537 g/mol. The lowest BCUT2D eigenvalue weighted by Gasteiger charge is -2.32. The third-order valence-corrected chi connectivity index (χ3v) is 8.00. The van der Waals surface area contributed by atoms with E-state index in [-0.39, 0.29) is 6.79 Å². The van der Waals surface area contributed by atoms with Gasteiger partial charge in [0.2, 0.25) is 6.79 Å². The van der Waals surface area contributed by atoms with E-state index in [2.05, 4.69) is 25.9 Å². The topological polar surface area (TPSA) is 91.3 Å². The molecule has 0 radical (unpaired) electrons. The van der Waals surface area contributed by atoms with Crippen molar-refractivity contribution in [2.24, 2.45) is 5.92 Å². The van der Waals surface area contributed by atoms with Crippen LogP contribution < -0.4 is 15.2 Å². The molecule has 34 heavy (non-hydrogen) atoms. The molecule has 3 aromatic rings. The van der Waals surface area contributed by atoms with Crippen molar-refractivity contribution in [3.8, 4) is 11.5 Å². The van der Waals surface area contributed by atoms with Crippen molar-refractivity contribution in [2.75, 3.05) is 32.2 Å². The molecule has 5 rings (SSSR count). The maximum atomic E-state index is 12.7. The van der Waals surface area contributed by atoms with Crippen LogP contribution in [0.4, 0.5) is 19.0 Å². The second-order valence-corrected chi connectivity index (χ2v) is 10.2. The van der Waals surface area contributed by atoms with Gasteiger partial charge < -0.3 is 19.8 Å². The van der Waals surface area contributed by atoms with Crippen LogP contribution in [0.3, 0.4) is 0 Å². The summed E-state index contributed by atoms with van der Waals surface area (Å²) in [7, 11) is 0. The van der Waals surface area contributed by atoms with Gasteiger partial charge in [0.25, 0.3) is 0 Å². The van der Waals surface area contributed by atoms with Gasteiger partial charge in [0.1, 0.15) is 6.33 Å². The number of alkyl halides is 3. The minimum absolute atomic E-state index is 0.183. The van der Waals surface area contributed by atoms with Gasteiger partial charge in [-0.2, -0.15) is 13.2 Å². The van der Waals surface area contributed by atoms with Crippen LogP contribution in [-0.2, 0) is 6.54 Å². The maximum Gasteiger partial charge on any atom is 0.401 e. The van der Waals surface area contributed by atoms with Gasteiger partial charge in [-0.15, -0.1) is 0 Å². The number of benzene rings is 1. The fraction of sp³-hybridized carbons (Fsp3) is 0.476. The Morgan fingerprint density at radius 1 is 1.15 bits per heavy atom. The Kier molecular flexibility index (Phi) is 6.51. The maximum absolute atomic E-state index is 12.7. The van der Waals surface area contributed by atoms with Crippen molar-refractivity contribution >= 4 is 44.7 Å². The van der Waals surface area contributed by atoms with E-state index in [9.17, 15) is 13.2 Å². The summed E-state index contributed by atoms with van der Waals surface area (Å²) in [5.41, 5.74) is 7.23. The fourth-order valence-corrected chi connectivity index (χ4v) is 5.80. The minimum Gasteiger partial charge on any atom is -0.454 e. The molecule has 1 fully saturated rings. The molecule has 0 saturated carbocycles. The number of likely N-dealkylation sites (tertiary alicyclic amines) is 1. The Morgan fingerprint density at radius 3 is 2.62 bits per heavy atom. The Balaban J connectivity index is 1.34. The molecule has 0 aliphatic carbocycles. The summed E-state index contributed by atoms with van der Waals surface area (Å²) >= 11 is 5.03. The molecule has 0 unspecified atom stereocenters. The van der Waals surface area contributed by atoms with E-state index < -0.39 is 12.7 Å². The predicted molar refractivity (Wildman–Crippen MR) is 124 cm³/mol. The average Bonchev–Trinajstić information content (AvgIpc) is 3.37. The smallest absolute Gasteiger partial charge is 0.401 e. The first kappa shape index (κ1) is 23.5. The zero-order valence-electron chi connectivity index (χ0n) is 18.0. The number of halogens is 4. The SMILES string of the molecule is Nc1ncnc2c1nc(Sc1cc3c(cc1Br)OCO3)n2CCC1CCN(CC(F)(F)F)CC1. The fourth-order valence-electron chi connectivity index (χ4n) is 4.29. The van der Waals surface area contributed by atoms with Gasteiger partial charge in [-0.25, -0.2) is 15.0 Å². The second-order valence-electron chi connectivity index (χ2n) is 8.34. The third-order valence-electron chi connectivity index (χ3n) is 6.02. The number of piperidine rings is 1. The number of aryl methyl sites for hydroxylation is 1. The standard InChI is InChI=1S/C21H22BrF3N6O2S/c22-13-7-14-15(33-11-32-14)8-16(13)34-20-29-17-18(26)27-10-28-19(17)31(20)6-3-12-1-4-30(5-2-12)9-21(23,24)25/h7-8,10,12H,1-6,9,11H2,(H2,26,27,28). The molecule has 182 valence electrons. The van der Waals surface area contributed by atoms with Gasteiger partial charge in [0.05, 0.1) is 6.54 Å². The molecule has 2 aliphatic heterocycles. The summed E-state index contributed by atoms with van der Waals surface area (Å²) in [5.74, 6) is 1.97. The number of imidazole rings is 1. The molecule has 0 amide bonds. The van der Waals surface area contributed by atoms with Crippen LogP contribution in [0.15, 0.2) is 33.0 Å². The average molecular weight is 559 g/mol. The molecule has 2 N–H and O–H groups in total. The minimum atomic E-state index is -4.16. The molecule has 4 heterocycles. The molecule has 8 nitrogen and oxygen atoms in total. The molecule has 0 atom stereocenters. The Hall–Kier alpha value is -2.25. The number of rotatable bonds is 6. The van der Waals surface area contributed by atoms with Crippen LogP contribution in [0.25, 0.3) is 11.2 Å². The summed E-state index contributed by atoms with van der Waals surface area (Å²) in [6, 6.07) is 3.76. The molecule has 1 saturated heterocycles. The Bertz CT molecular complexity index is 1200. The predicted octanol–water partition coefficient (Wildman–Crippen LogP) is 4.72. The lowest BCUT2D eigenvalue weighted by molar-refractivity contribution is -0.148. The van der Waals surface area contributed by atoms with Crippen molar-refractivity contribution in [3.63, 3.8) is 0 Å². The lowest BCUT2D eigenvalue weighted by atomic mass is 9.93. The number of nitrogen functional groups attached to an aromatic ring is 1. The highest BCUT2D eigenvalue weighted by molar-refractivity contribution is 9.10. The van der Waals surface area contributed by atoms with E-state index in [1.54, 1.807) is 0 Å². The largest absolute Gasteiger partial charge is 0.454 e. The van der Waals surface area contributed by atoms with Crippen LogP contribution in [0, 0.1) is 5.92 Å². The van der Waals surface area contributed by atoms with E-state index in [0.717, 1.165) is 28.6 Å². The van der Waals surface area contributed by atoms with Gasteiger partial charge in [0, 0.05) is 15.9 Å². The highest BCUT2D eigenvalue weighted by Gasteiger charge is 2.32. The summed E-state index contributed by atoms with van der Waals surface area (Å²) in [5, 5.41) is 0.705. The van der Waals surface area contributed by atoms with Crippen molar-refractivity contribution < 1.29 is 22.6 Å². The van der Waals surface area contributed by atoms with Gasteiger partial charge in [-0.1, -0.05) is 11.8 Å². The third kappa shape index (κ3) is 5.05. The van der Waals surface area contributed by atoms with Crippen molar-refractivity contribution in [2.45, 2.75) is 42.0 Å². The van der Waals surface area contributed by atoms with Crippen LogP contribution in [0.5, 0.6) is 11.5 Å². The quantitative estimate of drug-likeness (QED) is 0.465. The molecular formula is C21H22BrF3N6O2S. The number of hydrogen-bond donors (Lipinski definition) is 1. The highest BCUT2D eigenvalue weighted by atomic mass is 79.9. The van der Waals surface area contributed by atoms with Gasteiger partial charge in [0.15, 0.2) is 33.6 Å². The molecule has 2 aromatic heterocycles. The van der Waals surface area contributed by atoms with E-state index in [4.69, 9.17) is 20.2 Å². The summed E-state index contributed by atoms with van der Waals surface area (Å²) in [4.78, 5) is 15.6. The normalized spacial score (nSPS) is 17.1. The number of fused-ring (bicyclic) bond motifs is 2. The number of hydrogen-bond acceptors (Lipinski definition) is 8. The number of ether oxygens (including phenoxy) is 2. The summed E-state index contributed by atoms with van der Waals surface area (Å²) in [6.07, 6.45) is -0.467. The Labute approximate surface area is 206 Å². The van der Waals surface area contributed by atoms with Crippen molar-refractivity contribution in [1.82, 2.24) is 24.4 Å². The summed E-state index contributed by atoms with van der Waals surface area (Å²) in [6.45, 7) is 0.877. The van der Waals surface area contributed by atoms with E-state index in [0.29, 0.717) is 59.2 Å². The van der Waals surface area contributed by atoms with Crippen LogP contribution >= 0.6 is 27.7 Å². The van der Waals surface area contributed by atoms with Gasteiger partial charge in [-0.3, -0.25) is 4.90 Å². The van der Waals surface area contributed by atoms with Crippen molar-refractivity contribution in [3.05, 3.63) is 22.9 Å². The first-order valence-electron chi connectivity index (χ1n) is 10.8. The first-order valence-corrected chi connectivity index (χ1v) is 12.4. The zero-order chi connectivity index (χ0) is 23.9. The Morgan fingerprint density at radius 2 is 1.88 bits per heavy atom.